The molecule has 1 aliphatic carbocycles. The molecular formula is C19H35NO5. The van der Waals surface area contributed by atoms with E-state index in [2.05, 4.69) is 5.32 Å². The van der Waals surface area contributed by atoms with Crippen LogP contribution in [-0.4, -0.2) is 57.4 Å². The van der Waals surface area contributed by atoms with Crippen LogP contribution in [0.5, 0.6) is 0 Å². The van der Waals surface area contributed by atoms with Crippen LogP contribution in [0.15, 0.2) is 0 Å². The zero-order valence-corrected chi connectivity index (χ0v) is 16.1. The largest absolute Gasteiger partial charge is 0.379 e. The lowest BCUT2D eigenvalue weighted by molar-refractivity contribution is -0.127. The Morgan fingerprint density at radius 3 is 2.04 bits per heavy atom. The number of rotatable bonds is 13. The van der Waals surface area contributed by atoms with Crippen molar-refractivity contribution in [2.75, 3.05) is 39.6 Å². The second kappa shape index (κ2) is 13.3. The highest BCUT2D eigenvalue weighted by atomic mass is 16.5. The van der Waals surface area contributed by atoms with Crippen molar-refractivity contribution < 1.29 is 23.8 Å². The quantitative estimate of drug-likeness (QED) is 0.512. The molecule has 1 rings (SSSR count). The van der Waals surface area contributed by atoms with Crippen LogP contribution >= 0.6 is 0 Å². The van der Waals surface area contributed by atoms with Gasteiger partial charge in [-0.25, -0.2) is 0 Å². The molecule has 1 amide bonds. The minimum atomic E-state index is 0.0240. The van der Waals surface area contributed by atoms with Crippen molar-refractivity contribution in [1.29, 1.82) is 0 Å². The molecule has 0 unspecified atom stereocenters. The van der Waals surface area contributed by atoms with E-state index in [1.54, 1.807) is 0 Å². The summed E-state index contributed by atoms with van der Waals surface area (Å²) < 4.78 is 15.9. The molecule has 6 heteroatoms. The van der Waals surface area contributed by atoms with E-state index in [1.807, 2.05) is 20.8 Å². The molecule has 25 heavy (non-hydrogen) atoms. The van der Waals surface area contributed by atoms with E-state index >= 15 is 0 Å². The summed E-state index contributed by atoms with van der Waals surface area (Å²) in [5.74, 6) is 0.674. The Morgan fingerprint density at radius 2 is 1.48 bits per heavy atom. The molecule has 146 valence electrons. The van der Waals surface area contributed by atoms with Crippen LogP contribution in [0.25, 0.3) is 0 Å². The first-order valence-electron chi connectivity index (χ1n) is 9.60. The highest BCUT2D eigenvalue weighted by Gasteiger charge is 2.27. The lowest BCUT2D eigenvalue weighted by Gasteiger charge is -2.29. The first-order valence-corrected chi connectivity index (χ1v) is 9.60. The van der Waals surface area contributed by atoms with Gasteiger partial charge in [-0.1, -0.05) is 13.8 Å². The molecule has 0 aliphatic heterocycles. The predicted octanol–water partition coefficient (Wildman–Crippen LogP) is 2.35. The minimum Gasteiger partial charge on any atom is -0.379 e. The molecule has 0 aromatic rings. The maximum Gasteiger partial charge on any atom is 0.222 e. The minimum absolute atomic E-state index is 0.0240. The van der Waals surface area contributed by atoms with Crippen molar-refractivity contribution in [3.05, 3.63) is 0 Å². The van der Waals surface area contributed by atoms with Gasteiger partial charge in [0.05, 0.1) is 33.0 Å². The molecule has 0 radical (unpaired) electrons. The number of carbonyl (C=O) groups excluding carboxylic acids is 2. The van der Waals surface area contributed by atoms with Gasteiger partial charge in [-0.05, 0) is 32.6 Å². The van der Waals surface area contributed by atoms with Crippen molar-refractivity contribution in [3.8, 4) is 0 Å². The van der Waals surface area contributed by atoms with E-state index in [4.69, 9.17) is 14.2 Å². The number of ether oxygens (including phenoxy) is 3. The Morgan fingerprint density at radius 1 is 0.920 bits per heavy atom. The standard InChI is InChI=1S/C19H35NO5/c1-4-23-11-12-25-14-13-24-10-9-18(21)20-17-7-5-16(6-8-17)19(22)15(2)3/h15-17H,4-14H2,1-3H3,(H,20,21). The molecule has 0 atom stereocenters. The third-order valence-corrected chi connectivity index (χ3v) is 4.49. The van der Waals surface area contributed by atoms with E-state index < -0.39 is 0 Å². The average Bonchev–Trinajstić information content (AvgIpc) is 2.60. The molecule has 6 nitrogen and oxygen atoms in total. The molecule has 0 heterocycles. The fourth-order valence-corrected chi connectivity index (χ4v) is 3.04. The molecule has 0 bridgehead atoms. The fourth-order valence-electron chi connectivity index (χ4n) is 3.04. The molecule has 1 aliphatic rings. The summed E-state index contributed by atoms with van der Waals surface area (Å²) in [7, 11) is 0. The van der Waals surface area contributed by atoms with Gasteiger partial charge in [-0.2, -0.15) is 0 Å². The zero-order valence-electron chi connectivity index (χ0n) is 16.1. The maximum atomic E-state index is 12.0. The SMILES string of the molecule is CCOCCOCCOCCC(=O)NC1CCC(C(=O)C(C)C)CC1. The number of hydrogen-bond acceptors (Lipinski definition) is 5. The van der Waals surface area contributed by atoms with Crippen LogP contribution in [-0.2, 0) is 23.8 Å². The van der Waals surface area contributed by atoms with Gasteiger partial charge in [-0.3, -0.25) is 9.59 Å². The highest BCUT2D eigenvalue weighted by molar-refractivity contribution is 5.83. The van der Waals surface area contributed by atoms with E-state index in [9.17, 15) is 9.59 Å². The molecular weight excluding hydrogens is 322 g/mol. The normalized spacial score (nSPS) is 20.6. The third-order valence-electron chi connectivity index (χ3n) is 4.49. The lowest BCUT2D eigenvalue weighted by Crippen LogP contribution is -2.39. The van der Waals surface area contributed by atoms with Gasteiger partial charge in [-0.15, -0.1) is 0 Å². The number of carbonyl (C=O) groups is 2. The topological polar surface area (TPSA) is 73.9 Å². The Hall–Kier alpha value is -0.980. The Labute approximate surface area is 152 Å². The van der Waals surface area contributed by atoms with Gasteiger partial charge >= 0.3 is 0 Å². The van der Waals surface area contributed by atoms with Crippen molar-refractivity contribution in [1.82, 2.24) is 5.32 Å². The average molecular weight is 357 g/mol. The van der Waals surface area contributed by atoms with Crippen molar-refractivity contribution >= 4 is 11.7 Å². The van der Waals surface area contributed by atoms with E-state index in [-0.39, 0.29) is 23.8 Å². The van der Waals surface area contributed by atoms with Gasteiger partial charge in [0.25, 0.3) is 0 Å². The Kier molecular flexibility index (Phi) is 11.7. The summed E-state index contributed by atoms with van der Waals surface area (Å²) >= 11 is 0. The summed E-state index contributed by atoms with van der Waals surface area (Å²) in [5.41, 5.74) is 0. The smallest absolute Gasteiger partial charge is 0.222 e. The summed E-state index contributed by atoms with van der Waals surface area (Å²) in [6.07, 6.45) is 3.92. The van der Waals surface area contributed by atoms with Crippen molar-refractivity contribution in [3.63, 3.8) is 0 Å². The predicted molar refractivity (Wildman–Crippen MR) is 96.5 cm³/mol. The van der Waals surface area contributed by atoms with Crippen LogP contribution in [0, 0.1) is 11.8 Å². The van der Waals surface area contributed by atoms with E-state index in [0.29, 0.717) is 51.8 Å². The fraction of sp³-hybridized carbons (Fsp3) is 0.895. The van der Waals surface area contributed by atoms with Gasteiger partial charge in [0.1, 0.15) is 5.78 Å². The Bertz CT molecular complexity index is 378. The van der Waals surface area contributed by atoms with Gasteiger partial charge < -0.3 is 19.5 Å². The van der Waals surface area contributed by atoms with Crippen LogP contribution in [0.2, 0.25) is 0 Å². The summed E-state index contributed by atoms with van der Waals surface area (Å²) in [6.45, 7) is 9.14. The monoisotopic (exact) mass is 357 g/mol. The number of ketones is 1. The number of amides is 1. The van der Waals surface area contributed by atoms with Crippen molar-refractivity contribution in [2.45, 2.75) is 58.9 Å². The second-order valence-electron chi connectivity index (χ2n) is 6.84. The van der Waals surface area contributed by atoms with Gasteiger partial charge in [0, 0.05) is 30.9 Å². The van der Waals surface area contributed by atoms with Crippen LogP contribution in [0.1, 0.15) is 52.9 Å². The van der Waals surface area contributed by atoms with Crippen LogP contribution < -0.4 is 5.32 Å². The lowest BCUT2D eigenvalue weighted by atomic mass is 9.80. The molecule has 1 fully saturated rings. The van der Waals surface area contributed by atoms with E-state index in [1.165, 1.54) is 0 Å². The van der Waals surface area contributed by atoms with Gasteiger partial charge in [0.15, 0.2) is 0 Å². The zero-order chi connectivity index (χ0) is 18.5. The maximum absolute atomic E-state index is 12.0. The first kappa shape index (κ1) is 22.1. The van der Waals surface area contributed by atoms with E-state index in [0.717, 1.165) is 25.7 Å². The van der Waals surface area contributed by atoms with Crippen molar-refractivity contribution in [2.24, 2.45) is 11.8 Å². The molecule has 0 aromatic carbocycles. The van der Waals surface area contributed by atoms with Gasteiger partial charge in [0.2, 0.25) is 5.91 Å². The summed E-state index contributed by atoms with van der Waals surface area (Å²) in [6, 6.07) is 0.200. The number of nitrogens with one attached hydrogen (secondary N) is 1. The molecule has 1 saturated carbocycles. The highest BCUT2D eigenvalue weighted by Crippen LogP contribution is 2.27. The Balaban J connectivity index is 2.00. The molecule has 1 N–H and O–H groups in total. The summed E-state index contributed by atoms with van der Waals surface area (Å²) in [4.78, 5) is 23.9. The molecule has 0 spiro atoms. The number of hydrogen-bond donors (Lipinski definition) is 1. The first-order chi connectivity index (χ1) is 12.0. The van der Waals surface area contributed by atoms with Crippen LogP contribution in [0.3, 0.4) is 0 Å². The number of Topliss-reactive ketones (excluding diaryl/α,β-unsaturated/α-hetero) is 1. The summed E-state index contributed by atoms with van der Waals surface area (Å²) in [5, 5.41) is 3.05. The van der Waals surface area contributed by atoms with Crippen LogP contribution in [0.4, 0.5) is 0 Å². The molecule has 0 aromatic heterocycles. The molecule has 0 saturated heterocycles. The third kappa shape index (κ3) is 9.92. The second-order valence-corrected chi connectivity index (χ2v) is 6.84.